The van der Waals surface area contributed by atoms with Gasteiger partial charge in [0, 0.05) is 23.7 Å². The number of nitrogens with one attached hydrogen (secondary N) is 1. The molecule has 1 unspecified atom stereocenters. The number of hydrogen-bond donors (Lipinski definition) is 2. The molecule has 1 aromatic carbocycles. The van der Waals surface area contributed by atoms with E-state index in [1.165, 1.54) is 11.1 Å². The van der Waals surface area contributed by atoms with Gasteiger partial charge in [-0.2, -0.15) is 0 Å². The fourth-order valence-electron chi connectivity index (χ4n) is 1.96. The minimum Gasteiger partial charge on any atom is -0.396 e. The van der Waals surface area contributed by atoms with Crippen molar-refractivity contribution in [3.05, 3.63) is 33.8 Å². The van der Waals surface area contributed by atoms with E-state index in [9.17, 15) is 0 Å². The second-order valence-corrected chi connectivity index (χ2v) is 6.75. The zero-order chi connectivity index (χ0) is 13.8. The molecule has 2 nitrogen and oxygen atoms in total. The third-order valence-electron chi connectivity index (χ3n) is 3.25. The molecule has 0 amide bonds. The third-order valence-corrected chi connectivity index (χ3v) is 4.11. The molecule has 102 valence electrons. The third kappa shape index (κ3) is 4.71. The van der Waals surface area contributed by atoms with Crippen LogP contribution < -0.4 is 5.32 Å². The monoisotopic (exact) mass is 313 g/mol. The predicted octanol–water partition coefficient (Wildman–Crippen LogP) is 3.64. The molecule has 0 aromatic heterocycles. The molecule has 0 aliphatic heterocycles. The Morgan fingerprint density at radius 1 is 1.33 bits per heavy atom. The van der Waals surface area contributed by atoms with Crippen LogP contribution in [-0.4, -0.2) is 17.8 Å². The van der Waals surface area contributed by atoms with Crippen LogP contribution in [-0.2, 0) is 6.54 Å². The van der Waals surface area contributed by atoms with Crippen LogP contribution in [0.3, 0.4) is 0 Å². The van der Waals surface area contributed by atoms with Gasteiger partial charge in [0.1, 0.15) is 0 Å². The van der Waals surface area contributed by atoms with Crippen LogP contribution in [0.1, 0.15) is 38.3 Å². The Morgan fingerprint density at radius 2 is 2.00 bits per heavy atom. The van der Waals surface area contributed by atoms with Gasteiger partial charge in [0.15, 0.2) is 0 Å². The number of halogens is 1. The molecule has 1 atom stereocenters. The lowest BCUT2D eigenvalue weighted by molar-refractivity contribution is 0.196. The molecule has 0 radical (unpaired) electrons. The molecule has 0 spiro atoms. The Morgan fingerprint density at radius 3 is 2.50 bits per heavy atom. The molecule has 0 aliphatic rings. The van der Waals surface area contributed by atoms with Crippen LogP contribution >= 0.6 is 15.9 Å². The van der Waals surface area contributed by atoms with Crippen molar-refractivity contribution in [2.45, 2.75) is 46.7 Å². The van der Waals surface area contributed by atoms with Crippen molar-refractivity contribution in [2.75, 3.05) is 6.61 Å². The van der Waals surface area contributed by atoms with Gasteiger partial charge in [-0.3, -0.25) is 0 Å². The zero-order valence-electron chi connectivity index (χ0n) is 11.8. The Bertz CT molecular complexity index is 385. The maximum absolute atomic E-state index is 9.13. The predicted molar refractivity (Wildman–Crippen MR) is 80.7 cm³/mol. The van der Waals surface area contributed by atoms with Crippen LogP contribution in [0.25, 0.3) is 0 Å². The molecule has 3 heteroatoms. The van der Waals surface area contributed by atoms with E-state index in [-0.39, 0.29) is 12.0 Å². The van der Waals surface area contributed by atoms with Gasteiger partial charge in [-0.15, -0.1) is 0 Å². The molecule has 18 heavy (non-hydrogen) atoms. The number of aryl methyl sites for hydroxylation is 1. The summed E-state index contributed by atoms with van der Waals surface area (Å²) in [5, 5.41) is 12.7. The minimum absolute atomic E-state index is 0.157. The van der Waals surface area contributed by atoms with Gasteiger partial charge in [0.25, 0.3) is 0 Å². The molecule has 0 fully saturated rings. The van der Waals surface area contributed by atoms with E-state index in [2.05, 4.69) is 67.1 Å². The fourth-order valence-corrected chi connectivity index (χ4v) is 2.38. The summed E-state index contributed by atoms with van der Waals surface area (Å²) in [5.41, 5.74) is 2.67. The Balaban J connectivity index is 2.64. The summed E-state index contributed by atoms with van der Waals surface area (Å²) in [7, 11) is 0. The molecule has 1 aromatic rings. The van der Waals surface area contributed by atoms with E-state index < -0.39 is 0 Å². The van der Waals surface area contributed by atoms with E-state index in [0.717, 1.165) is 17.4 Å². The number of hydrogen-bond acceptors (Lipinski definition) is 2. The molecular weight excluding hydrogens is 290 g/mol. The highest BCUT2D eigenvalue weighted by Gasteiger charge is 2.23. The first kappa shape index (κ1) is 15.7. The van der Waals surface area contributed by atoms with Crippen LogP contribution in [0.2, 0.25) is 0 Å². The number of rotatable bonds is 5. The van der Waals surface area contributed by atoms with E-state index in [1.807, 2.05) is 0 Å². The maximum atomic E-state index is 9.13. The minimum atomic E-state index is 0.157. The van der Waals surface area contributed by atoms with Crippen LogP contribution in [0.5, 0.6) is 0 Å². The second kappa shape index (κ2) is 6.69. The van der Waals surface area contributed by atoms with Crippen LogP contribution in [0.4, 0.5) is 0 Å². The number of aliphatic hydroxyl groups excluding tert-OH is 1. The van der Waals surface area contributed by atoms with E-state index in [1.54, 1.807) is 0 Å². The lowest BCUT2D eigenvalue weighted by Crippen LogP contribution is -2.40. The molecule has 1 rings (SSSR count). The summed E-state index contributed by atoms with van der Waals surface area (Å²) >= 11 is 3.56. The first-order valence-corrected chi connectivity index (χ1v) is 7.23. The second-order valence-electron chi connectivity index (χ2n) is 5.90. The molecule has 0 aliphatic carbocycles. The van der Waals surface area contributed by atoms with Crippen molar-refractivity contribution in [1.29, 1.82) is 0 Å². The van der Waals surface area contributed by atoms with E-state index in [0.29, 0.717) is 6.04 Å². The van der Waals surface area contributed by atoms with Gasteiger partial charge < -0.3 is 10.4 Å². The standard InChI is InChI=1S/C15H24BrNO/c1-11-5-6-12(9-13(11)16)10-17-14(7-8-18)15(2,3)4/h5-6,9,14,17-18H,7-8,10H2,1-4H3. The SMILES string of the molecule is Cc1ccc(CNC(CCO)C(C)(C)C)cc1Br. The quantitative estimate of drug-likeness (QED) is 0.869. The molecule has 0 heterocycles. The highest BCUT2D eigenvalue weighted by atomic mass is 79.9. The highest BCUT2D eigenvalue weighted by molar-refractivity contribution is 9.10. The Kier molecular flexibility index (Phi) is 5.83. The van der Waals surface area contributed by atoms with Crippen molar-refractivity contribution >= 4 is 15.9 Å². The summed E-state index contributed by atoms with van der Waals surface area (Å²) in [5.74, 6) is 0. The van der Waals surface area contributed by atoms with Crippen molar-refractivity contribution in [3.63, 3.8) is 0 Å². The summed E-state index contributed by atoms with van der Waals surface area (Å²) in [6.07, 6.45) is 0.788. The smallest absolute Gasteiger partial charge is 0.0446 e. The first-order valence-electron chi connectivity index (χ1n) is 6.44. The van der Waals surface area contributed by atoms with E-state index >= 15 is 0 Å². The summed E-state index contributed by atoms with van der Waals surface area (Å²) in [6.45, 7) is 9.75. The molecule has 0 saturated carbocycles. The normalized spacial score (nSPS) is 13.7. The Labute approximate surface area is 119 Å². The van der Waals surface area contributed by atoms with Gasteiger partial charge >= 0.3 is 0 Å². The lowest BCUT2D eigenvalue weighted by Gasteiger charge is -2.31. The largest absolute Gasteiger partial charge is 0.396 e. The number of benzene rings is 1. The average molecular weight is 314 g/mol. The van der Waals surface area contributed by atoms with Crippen LogP contribution in [0, 0.1) is 12.3 Å². The van der Waals surface area contributed by atoms with Crippen molar-refractivity contribution in [2.24, 2.45) is 5.41 Å². The molecular formula is C15H24BrNO. The van der Waals surface area contributed by atoms with Crippen molar-refractivity contribution in [1.82, 2.24) is 5.32 Å². The summed E-state index contributed by atoms with van der Waals surface area (Å²) in [6, 6.07) is 6.74. The lowest BCUT2D eigenvalue weighted by atomic mass is 9.85. The van der Waals surface area contributed by atoms with Gasteiger partial charge in [-0.25, -0.2) is 0 Å². The van der Waals surface area contributed by atoms with Gasteiger partial charge in [-0.1, -0.05) is 48.8 Å². The fraction of sp³-hybridized carbons (Fsp3) is 0.600. The van der Waals surface area contributed by atoms with Crippen LogP contribution in [0.15, 0.2) is 22.7 Å². The summed E-state index contributed by atoms with van der Waals surface area (Å²) < 4.78 is 1.15. The molecule has 0 saturated heterocycles. The topological polar surface area (TPSA) is 32.3 Å². The molecule has 2 N–H and O–H groups in total. The average Bonchev–Trinajstić information content (AvgIpc) is 2.27. The van der Waals surface area contributed by atoms with Gasteiger partial charge in [0.2, 0.25) is 0 Å². The van der Waals surface area contributed by atoms with Gasteiger partial charge in [0.05, 0.1) is 0 Å². The highest BCUT2D eigenvalue weighted by Crippen LogP contribution is 2.23. The van der Waals surface area contributed by atoms with Crippen molar-refractivity contribution < 1.29 is 5.11 Å². The maximum Gasteiger partial charge on any atom is 0.0446 e. The van der Waals surface area contributed by atoms with E-state index in [4.69, 9.17) is 5.11 Å². The summed E-state index contributed by atoms with van der Waals surface area (Å²) in [4.78, 5) is 0. The first-order chi connectivity index (χ1) is 8.34. The van der Waals surface area contributed by atoms with Gasteiger partial charge in [-0.05, 0) is 36.0 Å². The van der Waals surface area contributed by atoms with Crippen molar-refractivity contribution in [3.8, 4) is 0 Å². The Hall–Kier alpha value is -0.380. The zero-order valence-corrected chi connectivity index (χ0v) is 13.3. The number of aliphatic hydroxyl groups is 1. The molecule has 0 bridgehead atoms.